The van der Waals surface area contributed by atoms with Crippen LogP contribution in [-0.4, -0.2) is 18.1 Å². The second-order valence-corrected chi connectivity index (χ2v) is 3.65. The van der Waals surface area contributed by atoms with Gasteiger partial charge in [-0.2, -0.15) is 13.2 Å². The molecule has 0 fully saturated rings. The molecular formula is C10H11F3N2O. The standard InChI is InChI=1S/C10H11F3N2O/c11-10(12,13)8-2-1-7-9(15-8)6(5-14)3-4-16-7/h1-2,6H,3-5,14H2. The van der Waals surface area contributed by atoms with Crippen molar-refractivity contribution in [3.8, 4) is 5.75 Å². The van der Waals surface area contributed by atoms with Crippen molar-refractivity contribution < 1.29 is 17.9 Å². The van der Waals surface area contributed by atoms with Gasteiger partial charge in [-0.15, -0.1) is 0 Å². The molecule has 1 aromatic rings. The molecule has 88 valence electrons. The monoisotopic (exact) mass is 232 g/mol. The van der Waals surface area contributed by atoms with Gasteiger partial charge in [-0.1, -0.05) is 0 Å². The first-order chi connectivity index (χ1) is 7.52. The molecule has 2 rings (SSSR count). The molecule has 1 aromatic heterocycles. The van der Waals surface area contributed by atoms with E-state index in [1.54, 1.807) is 0 Å². The molecule has 0 aromatic carbocycles. The van der Waals surface area contributed by atoms with Gasteiger partial charge in [0.2, 0.25) is 0 Å². The fourth-order valence-electron chi connectivity index (χ4n) is 1.71. The van der Waals surface area contributed by atoms with E-state index in [4.69, 9.17) is 10.5 Å². The van der Waals surface area contributed by atoms with Crippen molar-refractivity contribution in [2.75, 3.05) is 13.2 Å². The van der Waals surface area contributed by atoms with Gasteiger partial charge in [-0.25, -0.2) is 4.98 Å². The summed E-state index contributed by atoms with van der Waals surface area (Å²) in [6.07, 6.45) is -3.82. The Morgan fingerprint density at radius 2 is 2.19 bits per heavy atom. The number of alkyl halides is 3. The van der Waals surface area contributed by atoms with Gasteiger partial charge >= 0.3 is 6.18 Å². The van der Waals surface area contributed by atoms with E-state index in [-0.39, 0.29) is 12.5 Å². The number of hydrogen-bond donors (Lipinski definition) is 1. The lowest BCUT2D eigenvalue weighted by atomic mass is 9.98. The molecule has 0 aliphatic carbocycles. The Bertz CT molecular complexity index is 392. The molecule has 0 bridgehead atoms. The molecule has 0 saturated carbocycles. The maximum absolute atomic E-state index is 12.5. The van der Waals surface area contributed by atoms with Crippen molar-refractivity contribution >= 4 is 0 Å². The van der Waals surface area contributed by atoms with Crippen LogP contribution in [0.1, 0.15) is 23.7 Å². The molecule has 1 unspecified atom stereocenters. The van der Waals surface area contributed by atoms with E-state index in [2.05, 4.69) is 4.98 Å². The third-order valence-corrected chi connectivity index (χ3v) is 2.57. The lowest BCUT2D eigenvalue weighted by Gasteiger charge is -2.24. The third-order valence-electron chi connectivity index (χ3n) is 2.57. The number of pyridine rings is 1. The molecular weight excluding hydrogens is 221 g/mol. The highest BCUT2D eigenvalue weighted by Gasteiger charge is 2.34. The normalized spacial score (nSPS) is 20.1. The second-order valence-electron chi connectivity index (χ2n) is 3.65. The van der Waals surface area contributed by atoms with Crippen LogP contribution in [0.15, 0.2) is 12.1 Å². The molecule has 0 saturated heterocycles. The first-order valence-electron chi connectivity index (χ1n) is 4.93. The van der Waals surface area contributed by atoms with E-state index in [1.807, 2.05) is 0 Å². The zero-order valence-corrected chi connectivity index (χ0v) is 8.42. The highest BCUT2D eigenvalue weighted by atomic mass is 19.4. The molecule has 2 heterocycles. The summed E-state index contributed by atoms with van der Waals surface area (Å²) in [5.41, 5.74) is 4.93. The lowest BCUT2D eigenvalue weighted by molar-refractivity contribution is -0.141. The van der Waals surface area contributed by atoms with E-state index in [9.17, 15) is 13.2 Å². The summed E-state index contributed by atoms with van der Waals surface area (Å²) in [6.45, 7) is 0.757. The second kappa shape index (κ2) is 3.93. The van der Waals surface area contributed by atoms with Gasteiger partial charge in [0, 0.05) is 12.5 Å². The predicted molar refractivity (Wildman–Crippen MR) is 51.1 cm³/mol. The van der Waals surface area contributed by atoms with E-state index in [0.29, 0.717) is 24.5 Å². The number of nitrogens with two attached hydrogens (primary N) is 1. The molecule has 1 atom stereocenters. The van der Waals surface area contributed by atoms with E-state index in [0.717, 1.165) is 6.07 Å². The van der Waals surface area contributed by atoms with Gasteiger partial charge in [0.15, 0.2) is 0 Å². The Morgan fingerprint density at radius 3 is 2.81 bits per heavy atom. The number of ether oxygens (including phenoxy) is 1. The first-order valence-corrected chi connectivity index (χ1v) is 4.93. The number of aromatic nitrogens is 1. The Balaban J connectivity index is 2.43. The van der Waals surface area contributed by atoms with Crippen LogP contribution >= 0.6 is 0 Å². The Labute approximate surface area is 90.4 Å². The lowest BCUT2D eigenvalue weighted by Crippen LogP contribution is -2.23. The van der Waals surface area contributed by atoms with Crippen molar-refractivity contribution in [3.63, 3.8) is 0 Å². The SMILES string of the molecule is NCC1CCOc2ccc(C(F)(F)F)nc21. The van der Waals surface area contributed by atoms with Crippen LogP contribution in [-0.2, 0) is 6.18 Å². The van der Waals surface area contributed by atoms with Crippen LogP contribution in [0.2, 0.25) is 0 Å². The Morgan fingerprint density at radius 1 is 1.44 bits per heavy atom. The zero-order chi connectivity index (χ0) is 11.8. The summed E-state index contributed by atoms with van der Waals surface area (Å²) in [4.78, 5) is 3.61. The fraction of sp³-hybridized carbons (Fsp3) is 0.500. The summed E-state index contributed by atoms with van der Waals surface area (Å²) in [6, 6.07) is 2.24. The van der Waals surface area contributed by atoms with Crippen LogP contribution in [0, 0.1) is 0 Å². The van der Waals surface area contributed by atoms with Crippen LogP contribution in [0.5, 0.6) is 5.75 Å². The van der Waals surface area contributed by atoms with Crippen molar-refractivity contribution in [3.05, 3.63) is 23.5 Å². The largest absolute Gasteiger partial charge is 0.492 e. The van der Waals surface area contributed by atoms with Crippen molar-refractivity contribution in [1.82, 2.24) is 4.98 Å². The summed E-state index contributed by atoms with van der Waals surface area (Å²) < 4.78 is 42.6. The molecule has 1 aliphatic rings. The molecule has 0 amide bonds. The molecule has 0 spiro atoms. The Hall–Kier alpha value is -1.30. The van der Waals surface area contributed by atoms with E-state index < -0.39 is 11.9 Å². The Kier molecular flexibility index (Phi) is 2.75. The van der Waals surface area contributed by atoms with Crippen LogP contribution in [0.4, 0.5) is 13.2 Å². The summed E-state index contributed by atoms with van der Waals surface area (Å²) in [5, 5.41) is 0. The first kappa shape index (κ1) is 11.2. The maximum atomic E-state index is 12.5. The van der Waals surface area contributed by atoms with E-state index in [1.165, 1.54) is 6.07 Å². The highest BCUT2D eigenvalue weighted by Crippen LogP contribution is 2.35. The van der Waals surface area contributed by atoms with Crippen LogP contribution in [0.25, 0.3) is 0 Å². The molecule has 2 N–H and O–H groups in total. The van der Waals surface area contributed by atoms with Crippen LogP contribution < -0.4 is 10.5 Å². The van der Waals surface area contributed by atoms with Crippen molar-refractivity contribution in [2.45, 2.75) is 18.5 Å². The maximum Gasteiger partial charge on any atom is 0.433 e. The third kappa shape index (κ3) is 1.97. The molecule has 0 radical (unpaired) electrons. The van der Waals surface area contributed by atoms with Crippen molar-refractivity contribution in [1.29, 1.82) is 0 Å². The summed E-state index contributed by atoms with van der Waals surface area (Å²) in [7, 11) is 0. The van der Waals surface area contributed by atoms with Gasteiger partial charge < -0.3 is 10.5 Å². The molecule has 3 nitrogen and oxygen atoms in total. The average Bonchev–Trinajstić information content (AvgIpc) is 2.26. The van der Waals surface area contributed by atoms with Gasteiger partial charge in [0.25, 0.3) is 0 Å². The molecule has 16 heavy (non-hydrogen) atoms. The minimum absolute atomic E-state index is 0.147. The number of hydrogen-bond acceptors (Lipinski definition) is 3. The fourth-order valence-corrected chi connectivity index (χ4v) is 1.71. The number of fused-ring (bicyclic) bond motifs is 1. The number of nitrogens with zero attached hydrogens (tertiary/aromatic N) is 1. The van der Waals surface area contributed by atoms with E-state index >= 15 is 0 Å². The minimum Gasteiger partial charge on any atom is -0.492 e. The predicted octanol–water partition coefficient (Wildman–Crippen LogP) is 1.93. The summed E-state index contributed by atoms with van der Waals surface area (Å²) >= 11 is 0. The minimum atomic E-state index is -4.42. The molecule has 1 aliphatic heterocycles. The zero-order valence-electron chi connectivity index (χ0n) is 8.42. The average molecular weight is 232 g/mol. The van der Waals surface area contributed by atoms with Gasteiger partial charge in [-0.05, 0) is 18.6 Å². The van der Waals surface area contributed by atoms with Crippen molar-refractivity contribution in [2.24, 2.45) is 5.73 Å². The van der Waals surface area contributed by atoms with Gasteiger partial charge in [0.1, 0.15) is 11.4 Å². The smallest absolute Gasteiger partial charge is 0.433 e. The van der Waals surface area contributed by atoms with Crippen LogP contribution in [0.3, 0.4) is 0 Å². The molecule has 6 heteroatoms. The van der Waals surface area contributed by atoms with Gasteiger partial charge in [0.05, 0.1) is 12.3 Å². The number of halogens is 3. The quantitative estimate of drug-likeness (QED) is 0.804. The van der Waals surface area contributed by atoms with Gasteiger partial charge in [-0.3, -0.25) is 0 Å². The highest BCUT2D eigenvalue weighted by molar-refractivity contribution is 5.34. The summed E-state index contributed by atoms with van der Waals surface area (Å²) in [5.74, 6) is 0.265. The topological polar surface area (TPSA) is 48.1 Å². The number of rotatable bonds is 1.